The molecule has 1 heterocycles. The lowest BCUT2D eigenvalue weighted by molar-refractivity contribution is -0.384. The van der Waals surface area contributed by atoms with Gasteiger partial charge in [-0.15, -0.1) is 0 Å². The number of nitrogens with one attached hydrogen (secondary N) is 1. The van der Waals surface area contributed by atoms with Gasteiger partial charge in [-0.3, -0.25) is 15.0 Å². The van der Waals surface area contributed by atoms with E-state index in [1.807, 2.05) is 11.8 Å². The molecule has 1 N–H and O–H groups in total. The molecule has 1 aliphatic rings. The highest BCUT2D eigenvalue weighted by molar-refractivity contribution is 9.10. The van der Waals surface area contributed by atoms with Gasteiger partial charge < -0.3 is 5.32 Å². The number of benzene rings is 1. The van der Waals surface area contributed by atoms with Gasteiger partial charge in [0.2, 0.25) is 0 Å². The summed E-state index contributed by atoms with van der Waals surface area (Å²) in [4.78, 5) is 13.0. The van der Waals surface area contributed by atoms with Gasteiger partial charge in [0.15, 0.2) is 0 Å². The van der Waals surface area contributed by atoms with Crippen molar-refractivity contribution in [3.63, 3.8) is 0 Å². The van der Waals surface area contributed by atoms with E-state index >= 15 is 0 Å². The summed E-state index contributed by atoms with van der Waals surface area (Å²) < 4.78 is 0.843. The van der Waals surface area contributed by atoms with E-state index in [4.69, 9.17) is 0 Å². The van der Waals surface area contributed by atoms with Crippen LogP contribution in [0.2, 0.25) is 0 Å². The van der Waals surface area contributed by atoms with Gasteiger partial charge in [-0.25, -0.2) is 0 Å². The molecular weight excluding hydrogens is 330 g/mol. The van der Waals surface area contributed by atoms with Crippen molar-refractivity contribution in [2.24, 2.45) is 0 Å². The summed E-state index contributed by atoms with van der Waals surface area (Å²) in [6.45, 7) is 3.85. The van der Waals surface area contributed by atoms with Crippen LogP contribution in [0.5, 0.6) is 0 Å². The number of nitro groups is 1. The third-order valence-electron chi connectivity index (χ3n) is 3.00. The van der Waals surface area contributed by atoms with Crippen LogP contribution in [-0.4, -0.2) is 47.5 Å². The van der Waals surface area contributed by atoms with Crippen LogP contribution in [0, 0.1) is 10.1 Å². The Labute approximate surface area is 125 Å². The molecule has 19 heavy (non-hydrogen) atoms. The van der Waals surface area contributed by atoms with Crippen molar-refractivity contribution < 1.29 is 4.92 Å². The molecule has 0 atom stereocenters. The van der Waals surface area contributed by atoms with Gasteiger partial charge >= 0.3 is 0 Å². The topological polar surface area (TPSA) is 58.4 Å². The molecule has 2 rings (SSSR count). The van der Waals surface area contributed by atoms with Gasteiger partial charge in [-0.05, 0) is 12.1 Å². The third-order valence-corrected chi connectivity index (χ3v) is 4.44. The zero-order chi connectivity index (χ0) is 13.7. The second-order valence-electron chi connectivity index (χ2n) is 4.30. The lowest BCUT2D eigenvalue weighted by Gasteiger charge is -2.26. The van der Waals surface area contributed by atoms with E-state index in [1.54, 1.807) is 12.1 Å². The summed E-state index contributed by atoms with van der Waals surface area (Å²) in [5.41, 5.74) is 0.697. The number of thioether (sulfide) groups is 1. The van der Waals surface area contributed by atoms with Gasteiger partial charge in [-0.2, -0.15) is 11.8 Å². The average molecular weight is 346 g/mol. The molecule has 0 spiro atoms. The summed E-state index contributed by atoms with van der Waals surface area (Å²) in [6.07, 6.45) is 0. The highest BCUT2D eigenvalue weighted by atomic mass is 79.9. The summed E-state index contributed by atoms with van der Waals surface area (Å²) in [5.74, 6) is 2.36. The van der Waals surface area contributed by atoms with Gasteiger partial charge in [0.05, 0.1) is 4.92 Å². The molecule has 5 nitrogen and oxygen atoms in total. The van der Waals surface area contributed by atoms with Crippen molar-refractivity contribution in [1.82, 2.24) is 4.90 Å². The van der Waals surface area contributed by atoms with Gasteiger partial charge in [0.25, 0.3) is 5.69 Å². The van der Waals surface area contributed by atoms with E-state index in [2.05, 4.69) is 26.1 Å². The van der Waals surface area contributed by atoms with Crippen LogP contribution in [-0.2, 0) is 0 Å². The Bertz CT molecular complexity index is 453. The number of nitrogens with zero attached hydrogens (tertiary/aromatic N) is 2. The first-order valence-corrected chi connectivity index (χ1v) is 8.09. The standard InChI is InChI=1S/C12H16BrN3O2S/c13-10-1-2-12(16(17)18)11(9-10)14-3-4-15-5-7-19-8-6-15/h1-2,9,14H,3-8H2. The Balaban J connectivity index is 1.91. The monoisotopic (exact) mass is 345 g/mol. The molecule has 1 fully saturated rings. The molecule has 0 aromatic heterocycles. The number of hydrogen-bond donors (Lipinski definition) is 1. The summed E-state index contributed by atoms with van der Waals surface area (Å²) in [6, 6.07) is 4.96. The van der Waals surface area contributed by atoms with Crippen LogP contribution in [0.15, 0.2) is 22.7 Å². The fourth-order valence-corrected chi connectivity index (χ4v) is 3.32. The Morgan fingerprint density at radius 3 is 2.84 bits per heavy atom. The van der Waals surface area contributed by atoms with Crippen LogP contribution in [0.25, 0.3) is 0 Å². The Morgan fingerprint density at radius 1 is 1.42 bits per heavy atom. The maximum atomic E-state index is 10.9. The number of halogens is 1. The van der Waals surface area contributed by atoms with Crippen LogP contribution in [0.3, 0.4) is 0 Å². The summed E-state index contributed by atoms with van der Waals surface area (Å²) in [5, 5.41) is 14.1. The van der Waals surface area contributed by atoms with E-state index in [0.717, 1.165) is 30.7 Å². The second kappa shape index (κ2) is 7.12. The molecule has 1 saturated heterocycles. The van der Waals surface area contributed by atoms with Crippen LogP contribution in [0.4, 0.5) is 11.4 Å². The first-order chi connectivity index (χ1) is 9.16. The molecule has 0 radical (unpaired) electrons. The first-order valence-electron chi connectivity index (χ1n) is 6.15. The van der Waals surface area contributed by atoms with Gasteiger partial charge in [-0.1, -0.05) is 15.9 Å². The minimum atomic E-state index is -0.355. The van der Waals surface area contributed by atoms with E-state index in [9.17, 15) is 10.1 Å². The fourth-order valence-electron chi connectivity index (χ4n) is 1.98. The molecule has 7 heteroatoms. The van der Waals surface area contributed by atoms with Crippen molar-refractivity contribution in [2.45, 2.75) is 0 Å². The highest BCUT2D eigenvalue weighted by Crippen LogP contribution is 2.27. The Hall–Kier alpha value is -0.790. The first kappa shape index (κ1) is 14.6. The SMILES string of the molecule is O=[N+]([O-])c1ccc(Br)cc1NCCN1CCSCC1. The Morgan fingerprint density at radius 2 is 2.16 bits per heavy atom. The van der Waals surface area contributed by atoms with Crippen LogP contribution < -0.4 is 5.32 Å². The van der Waals surface area contributed by atoms with Crippen LogP contribution >= 0.6 is 27.7 Å². The summed E-state index contributed by atoms with van der Waals surface area (Å²) >= 11 is 5.32. The molecule has 0 bridgehead atoms. The smallest absolute Gasteiger partial charge is 0.292 e. The average Bonchev–Trinajstić information content (AvgIpc) is 2.39. The zero-order valence-corrected chi connectivity index (χ0v) is 12.9. The molecular formula is C12H16BrN3O2S. The number of anilines is 1. The maximum absolute atomic E-state index is 10.9. The van der Waals surface area contributed by atoms with Crippen LogP contribution in [0.1, 0.15) is 0 Å². The van der Waals surface area contributed by atoms with E-state index < -0.39 is 0 Å². The lowest BCUT2D eigenvalue weighted by Crippen LogP contribution is -2.36. The minimum absolute atomic E-state index is 0.123. The van der Waals surface area contributed by atoms with Crippen molar-refractivity contribution in [3.05, 3.63) is 32.8 Å². The normalized spacial score (nSPS) is 16.3. The minimum Gasteiger partial charge on any atom is -0.378 e. The van der Waals surface area contributed by atoms with Gasteiger partial charge in [0.1, 0.15) is 5.69 Å². The molecule has 1 aliphatic heterocycles. The molecule has 0 saturated carbocycles. The molecule has 0 amide bonds. The quantitative estimate of drug-likeness (QED) is 0.656. The zero-order valence-electron chi connectivity index (χ0n) is 10.5. The number of hydrogen-bond acceptors (Lipinski definition) is 5. The number of rotatable bonds is 5. The Kier molecular flexibility index (Phi) is 5.47. The maximum Gasteiger partial charge on any atom is 0.292 e. The molecule has 0 unspecified atom stereocenters. The van der Waals surface area contributed by atoms with E-state index in [1.165, 1.54) is 17.6 Å². The highest BCUT2D eigenvalue weighted by Gasteiger charge is 2.14. The molecule has 1 aromatic carbocycles. The van der Waals surface area contributed by atoms with E-state index in [0.29, 0.717) is 5.69 Å². The van der Waals surface area contributed by atoms with Crippen molar-refractivity contribution in [3.8, 4) is 0 Å². The van der Waals surface area contributed by atoms with Crippen molar-refractivity contribution in [2.75, 3.05) is 43.0 Å². The second-order valence-corrected chi connectivity index (χ2v) is 6.44. The molecule has 104 valence electrons. The number of nitro benzene ring substituents is 1. The lowest BCUT2D eigenvalue weighted by atomic mass is 10.2. The summed E-state index contributed by atoms with van der Waals surface area (Å²) in [7, 11) is 0. The van der Waals surface area contributed by atoms with Gasteiger partial charge in [0, 0.05) is 48.2 Å². The van der Waals surface area contributed by atoms with Crippen molar-refractivity contribution >= 4 is 39.1 Å². The molecule has 1 aromatic rings. The van der Waals surface area contributed by atoms with Crippen molar-refractivity contribution in [1.29, 1.82) is 0 Å². The van der Waals surface area contributed by atoms with E-state index in [-0.39, 0.29) is 10.6 Å². The third kappa shape index (κ3) is 4.36. The predicted molar refractivity (Wildman–Crippen MR) is 83.1 cm³/mol. The predicted octanol–water partition coefficient (Wildman–Crippen LogP) is 2.82. The largest absolute Gasteiger partial charge is 0.378 e. The fraction of sp³-hybridized carbons (Fsp3) is 0.500. The molecule has 0 aliphatic carbocycles.